The van der Waals surface area contributed by atoms with Crippen LogP contribution in [0.5, 0.6) is 0 Å². The van der Waals surface area contributed by atoms with E-state index in [2.05, 4.69) is 5.32 Å². The van der Waals surface area contributed by atoms with Crippen LogP contribution in [0.4, 0.5) is 13.2 Å². The van der Waals surface area contributed by atoms with Gasteiger partial charge in [0.15, 0.2) is 0 Å². The van der Waals surface area contributed by atoms with Gasteiger partial charge in [0, 0.05) is 37.8 Å². The normalized spacial score (nSPS) is 19.2. The average Bonchev–Trinajstić information content (AvgIpc) is 2.34. The first-order valence-corrected chi connectivity index (χ1v) is 5.68. The van der Waals surface area contributed by atoms with Crippen molar-refractivity contribution < 1.29 is 13.2 Å². The lowest BCUT2D eigenvalue weighted by Crippen LogP contribution is -2.45. The first kappa shape index (κ1) is 12.4. The fraction of sp³-hybridized carbons (Fsp3) is 0.500. The molecule has 1 aliphatic heterocycles. The maximum absolute atomic E-state index is 13.6. The van der Waals surface area contributed by atoms with Gasteiger partial charge >= 0.3 is 0 Å². The topological polar surface area (TPSA) is 15.3 Å². The van der Waals surface area contributed by atoms with Gasteiger partial charge in [-0.3, -0.25) is 4.90 Å². The predicted molar refractivity (Wildman–Crippen MR) is 59.5 cm³/mol. The molecule has 1 saturated heterocycles. The summed E-state index contributed by atoms with van der Waals surface area (Å²) in [5, 5.41) is 3.15. The van der Waals surface area contributed by atoms with Crippen molar-refractivity contribution >= 4 is 0 Å². The Balaban J connectivity index is 2.21. The van der Waals surface area contributed by atoms with Crippen LogP contribution in [0, 0.1) is 11.6 Å². The predicted octanol–water partition coefficient (Wildman–Crippen LogP) is 1.88. The number of hydrogen-bond donors (Lipinski definition) is 1. The van der Waals surface area contributed by atoms with Crippen LogP contribution in [-0.2, 0) is 0 Å². The first-order chi connectivity index (χ1) is 8.22. The van der Waals surface area contributed by atoms with E-state index in [0.29, 0.717) is 13.1 Å². The Labute approximate surface area is 98.4 Å². The molecule has 0 unspecified atom stereocenters. The minimum Gasteiger partial charge on any atom is -0.314 e. The highest BCUT2D eigenvalue weighted by Crippen LogP contribution is 2.24. The molecule has 1 aromatic carbocycles. The molecule has 0 radical (unpaired) electrons. The number of nitrogens with one attached hydrogen (secondary N) is 1. The summed E-state index contributed by atoms with van der Waals surface area (Å²) in [5.74, 6) is -1.31. The number of nitrogens with zero attached hydrogens (tertiary/aromatic N) is 1. The summed E-state index contributed by atoms with van der Waals surface area (Å²) in [6.45, 7) is 2.21. The van der Waals surface area contributed by atoms with Gasteiger partial charge in [0.05, 0.1) is 6.04 Å². The summed E-state index contributed by atoms with van der Waals surface area (Å²) < 4.78 is 39.5. The molecule has 0 aromatic heterocycles. The third-order valence-corrected chi connectivity index (χ3v) is 3.06. The summed E-state index contributed by atoms with van der Waals surface area (Å²) in [6, 6.07) is 2.69. The van der Waals surface area contributed by atoms with Gasteiger partial charge in [-0.05, 0) is 6.07 Å². The summed E-state index contributed by atoms with van der Waals surface area (Å²) in [4.78, 5) is 1.88. The van der Waals surface area contributed by atoms with E-state index < -0.39 is 24.4 Å². The van der Waals surface area contributed by atoms with Crippen LogP contribution < -0.4 is 5.32 Å². The molecule has 1 fully saturated rings. The van der Waals surface area contributed by atoms with E-state index in [1.165, 1.54) is 12.1 Å². The SMILES string of the molecule is FC[C@H](c1ccc(F)cc1F)N1CCNCC1. The second-order valence-electron chi connectivity index (χ2n) is 4.12. The molecule has 0 saturated carbocycles. The van der Waals surface area contributed by atoms with Crippen molar-refractivity contribution in [1.29, 1.82) is 0 Å². The van der Waals surface area contributed by atoms with Crippen molar-refractivity contribution in [1.82, 2.24) is 10.2 Å². The van der Waals surface area contributed by atoms with Gasteiger partial charge in [-0.25, -0.2) is 13.2 Å². The molecule has 0 amide bonds. The number of piperazine rings is 1. The average molecular weight is 244 g/mol. The van der Waals surface area contributed by atoms with E-state index in [0.717, 1.165) is 19.2 Å². The van der Waals surface area contributed by atoms with Crippen molar-refractivity contribution in [3.05, 3.63) is 35.4 Å². The van der Waals surface area contributed by atoms with Gasteiger partial charge in [-0.2, -0.15) is 0 Å². The lowest BCUT2D eigenvalue weighted by Gasteiger charge is -2.33. The van der Waals surface area contributed by atoms with Crippen molar-refractivity contribution in [2.24, 2.45) is 0 Å². The molecule has 1 heterocycles. The van der Waals surface area contributed by atoms with Gasteiger partial charge in [-0.1, -0.05) is 6.07 Å². The molecule has 5 heteroatoms. The highest BCUT2D eigenvalue weighted by atomic mass is 19.1. The second kappa shape index (κ2) is 5.51. The lowest BCUT2D eigenvalue weighted by atomic mass is 10.0. The lowest BCUT2D eigenvalue weighted by molar-refractivity contribution is 0.144. The van der Waals surface area contributed by atoms with Crippen LogP contribution in [-0.4, -0.2) is 37.8 Å². The van der Waals surface area contributed by atoms with E-state index in [1.54, 1.807) is 0 Å². The Morgan fingerprint density at radius 2 is 1.94 bits per heavy atom. The van der Waals surface area contributed by atoms with Crippen LogP contribution in [0.3, 0.4) is 0 Å². The zero-order valence-electron chi connectivity index (χ0n) is 9.43. The molecule has 1 aliphatic rings. The number of benzene rings is 1. The smallest absolute Gasteiger partial charge is 0.130 e. The number of hydrogen-bond acceptors (Lipinski definition) is 2. The van der Waals surface area contributed by atoms with Gasteiger partial charge < -0.3 is 5.32 Å². The largest absolute Gasteiger partial charge is 0.314 e. The van der Waals surface area contributed by atoms with Gasteiger partial charge in [0.25, 0.3) is 0 Å². The quantitative estimate of drug-likeness (QED) is 0.873. The van der Waals surface area contributed by atoms with Crippen molar-refractivity contribution in [2.45, 2.75) is 6.04 Å². The van der Waals surface area contributed by atoms with E-state index in [9.17, 15) is 13.2 Å². The zero-order chi connectivity index (χ0) is 12.3. The Morgan fingerprint density at radius 1 is 1.24 bits per heavy atom. The molecule has 17 heavy (non-hydrogen) atoms. The van der Waals surface area contributed by atoms with E-state index >= 15 is 0 Å². The van der Waals surface area contributed by atoms with Gasteiger partial charge in [0.1, 0.15) is 18.3 Å². The monoisotopic (exact) mass is 244 g/mol. The second-order valence-corrected chi connectivity index (χ2v) is 4.12. The molecule has 0 bridgehead atoms. The third kappa shape index (κ3) is 2.79. The fourth-order valence-corrected chi connectivity index (χ4v) is 2.14. The third-order valence-electron chi connectivity index (χ3n) is 3.06. The Kier molecular flexibility index (Phi) is 4.02. The summed E-state index contributed by atoms with van der Waals surface area (Å²) in [5.41, 5.74) is 0.232. The molecule has 0 spiro atoms. The fourth-order valence-electron chi connectivity index (χ4n) is 2.14. The van der Waals surface area contributed by atoms with Crippen LogP contribution >= 0.6 is 0 Å². The van der Waals surface area contributed by atoms with Crippen LogP contribution in [0.25, 0.3) is 0 Å². The number of alkyl halides is 1. The summed E-state index contributed by atoms with van der Waals surface area (Å²) in [6.07, 6.45) is 0. The Bertz CT molecular complexity index is 378. The van der Waals surface area contributed by atoms with Crippen molar-refractivity contribution in [3.8, 4) is 0 Å². The van der Waals surface area contributed by atoms with Crippen molar-refractivity contribution in [3.63, 3.8) is 0 Å². The van der Waals surface area contributed by atoms with Crippen LogP contribution in [0.15, 0.2) is 18.2 Å². The number of halogens is 3. The van der Waals surface area contributed by atoms with E-state index in [-0.39, 0.29) is 5.56 Å². The molecule has 1 aromatic rings. The minimum atomic E-state index is -0.675. The van der Waals surface area contributed by atoms with Crippen LogP contribution in [0.2, 0.25) is 0 Å². The molecule has 2 nitrogen and oxygen atoms in total. The standard InChI is InChI=1S/C12H15F3N2/c13-8-12(17-5-3-16-4-6-17)10-2-1-9(14)7-11(10)15/h1-2,7,12,16H,3-6,8H2/t12-/m1/s1. The highest BCUT2D eigenvalue weighted by molar-refractivity contribution is 5.22. The summed E-state index contributed by atoms with van der Waals surface area (Å²) >= 11 is 0. The Hall–Kier alpha value is -1.07. The summed E-state index contributed by atoms with van der Waals surface area (Å²) in [7, 11) is 0. The number of rotatable bonds is 3. The van der Waals surface area contributed by atoms with Gasteiger partial charge in [0.2, 0.25) is 0 Å². The van der Waals surface area contributed by atoms with Gasteiger partial charge in [-0.15, -0.1) is 0 Å². The molecule has 1 atom stereocenters. The molecule has 2 rings (SSSR count). The van der Waals surface area contributed by atoms with Crippen LogP contribution in [0.1, 0.15) is 11.6 Å². The maximum Gasteiger partial charge on any atom is 0.130 e. The highest BCUT2D eigenvalue weighted by Gasteiger charge is 2.24. The molecular formula is C12H15F3N2. The van der Waals surface area contributed by atoms with E-state index in [4.69, 9.17) is 0 Å². The minimum absolute atomic E-state index is 0.232. The Morgan fingerprint density at radius 3 is 2.53 bits per heavy atom. The first-order valence-electron chi connectivity index (χ1n) is 5.68. The van der Waals surface area contributed by atoms with Crippen molar-refractivity contribution in [2.75, 3.05) is 32.9 Å². The maximum atomic E-state index is 13.6. The molecule has 0 aliphatic carbocycles. The molecule has 94 valence electrons. The zero-order valence-corrected chi connectivity index (χ0v) is 9.43. The molecule has 1 N–H and O–H groups in total. The molecular weight excluding hydrogens is 229 g/mol. The van der Waals surface area contributed by atoms with E-state index in [1.807, 2.05) is 4.90 Å².